The average Bonchev–Trinajstić information content (AvgIpc) is 2.27. The maximum atomic E-state index is 10.0. The van der Waals surface area contributed by atoms with Crippen LogP contribution in [0.25, 0.3) is 0 Å². The van der Waals surface area contributed by atoms with Gasteiger partial charge in [-0.25, -0.2) is 0 Å². The number of nitrogens with one attached hydrogen (secondary N) is 1. The minimum Gasteiger partial charge on any atom is -0.387 e. The minimum atomic E-state index is -0.721. The second kappa shape index (κ2) is 5.95. The summed E-state index contributed by atoms with van der Waals surface area (Å²) in [4.78, 5) is 0. The molecular formula is C13H18N2OS. The summed E-state index contributed by atoms with van der Waals surface area (Å²) in [6, 6.07) is 7.71. The molecule has 0 aliphatic heterocycles. The molecule has 0 aromatic heterocycles. The van der Waals surface area contributed by atoms with Crippen LogP contribution in [0.15, 0.2) is 18.2 Å². The monoisotopic (exact) mass is 250 g/mol. The highest BCUT2D eigenvalue weighted by atomic mass is 32.2. The van der Waals surface area contributed by atoms with Gasteiger partial charge < -0.3 is 10.4 Å². The van der Waals surface area contributed by atoms with Crippen LogP contribution in [0, 0.1) is 18.3 Å². The van der Waals surface area contributed by atoms with Gasteiger partial charge in [-0.3, -0.25) is 0 Å². The van der Waals surface area contributed by atoms with Gasteiger partial charge in [0, 0.05) is 18.0 Å². The molecular weight excluding hydrogens is 232 g/mol. The molecule has 0 fully saturated rings. The zero-order valence-electron chi connectivity index (χ0n) is 10.4. The molecule has 1 rings (SSSR count). The molecule has 92 valence electrons. The highest BCUT2D eigenvalue weighted by Gasteiger charge is 2.18. The molecule has 0 radical (unpaired) electrons. The Morgan fingerprint density at radius 1 is 1.53 bits per heavy atom. The molecule has 1 unspecified atom stereocenters. The van der Waals surface area contributed by atoms with Crippen LogP contribution >= 0.6 is 11.8 Å². The summed E-state index contributed by atoms with van der Waals surface area (Å²) in [5.74, 6) is 0.690. The van der Waals surface area contributed by atoms with E-state index in [0.29, 0.717) is 17.9 Å². The SMILES string of the molecule is CSCC(C)(O)CNc1ccc(C#N)c(C)c1. The van der Waals surface area contributed by atoms with Gasteiger partial charge in [-0.1, -0.05) is 0 Å². The van der Waals surface area contributed by atoms with E-state index in [0.717, 1.165) is 11.3 Å². The second-order valence-electron chi connectivity index (χ2n) is 4.43. The number of thioether (sulfide) groups is 1. The molecule has 17 heavy (non-hydrogen) atoms. The molecule has 0 saturated heterocycles. The third kappa shape index (κ3) is 4.29. The summed E-state index contributed by atoms with van der Waals surface area (Å²) in [6.07, 6.45) is 1.97. The summed E-state index contributed by atoms with van der Waals surface area (Å²) in [7, 11) is 0. The lowest BCUT2D eigenvalue weighted by molar-refractivity contribution is 0.0997. The maximum Gasteiger partial charge on any atom is 0.0994 e. The predicted octanol–water partition coefficient (Wildman–Crippen LogP) is 2.39. The van der Waals surface area contributed by atoms with Crippen molar-refractivity contribution in [2.45, 2.75) is 19.4 Å². The van der Waals surface area contributed by atoms with E-state index in [-0.39, 0.29) is 0 Å². The summed E-state index contributed by atoms with van der Waals surface area (Å²) < 4.78 is 0. The Balaban J connectivity index is 2.65. The van der Waals surface area contributed by atoms with Crippen LogP contribution in [0.4, 0.5) is 5.69 Å². The van der Waals surface area contributed by atoms with E-state index in [1.807, 2.05) is 32.2 Å². The standard InChI is InChI=1S/C13H18N2OS/c1-10-6-12(5-4-11(10)7-14)15-8-13(2,16)9-17-3/h4-6,15-16H,8-9H2,1-3H3. The number of hydrogen-bond acceptors (Lipinski definition) is 4. The van der Waals surface area contributed by atoms with Crippen molar-refractivity contribution in [3.63, 3.8) is 0 Å². The maximum absolute atomic E-state index is 10.0. The summed E-state index contributed by atoms with van der Waals surface area (Å²) in [6.45, 7) is 4.22. The van der Waals surface area contributed by atoms with Crippen molar-refractivity contribution in [1.29, 1.82) is 5.26 Å². The van der Waals surface area contributed by atoms with E-state index in [9.17, 15) is 5.11 Å². The number of benzene rings is 1. The normalized spacial score (nSPS) is 13.8. The van der Waals surface area contributed by atoms with Crippen LogP contribution in [0.3, 0.4) is 0 Å². The number of nitrogens with zero attached hydrogens (tertiary/aromatic N) is 1. The second-order valence-corrected chi connectivity index (χ2v) is 5.29. The van der Waals surface area contributed by atoms with Gasteiger partial charge in [0.05, 0.1) is 17.2 Å². The number of hydrogen-bond donors (Lipinski definition) is 2. The van der Waals surface area contributed by atoms with Gasteiger partial charge in [0.2, 0.25) is 0 Å². The van der Waals surface area contributed by atoms with E-state index in [4.69, 9.17) is 5.26 Å². The molecule has 4 heteroatoms. The molecule has 1 atom stereocenters. The smallest absolute Gasteiger partial charge is 0.0994 e. The Hall–Kier alpha value is -1.18. The molecule has 0 amide bonds. The highest BCUT2D eigenvalue weighted by Crippen LogP contribution is 2.16. The first-order chi connectivity index (χ1) is 7.98. The zero-order chi connectivity index (χ0) is 12.9. The van der Waals surface area contributed by atoms with E-state index >= 15 is 0 Å². The van der Waals surface area contributed by atoms with Crippen molar-refractivity contribution >= 4 is 17.4 Å². The fourth-order valence-corrected chi connectivity index (χ4v) is 2.28. The molecule has 0 bridgehead atoms. The van der Waals surface area contributed by atoms with Crippen molar-refractivity contribution in [3.8, 4) is 6.07 Å². The van der Waals surface area contributed by atoms with E-state index < -0.39 is 5.60 Å². The third-order valence-electron chi connectivity index (χ3n) is 2.48. The van der Waals surface area contributed by atoms with Crippen molar-refractivity contribution < 1.29 is 5.11 Å². The molecule has 0 saturated carbocycles. The fourth-order valence-electron chi connectivity index (χ4n) is 1.55. The number of nitriles is 1. The lowest BCUT2D eigenvalue weighted by Gasteiger charge is -2.23. The third-order valence-corrected chi connectivity index (χ3v) is 3.39. The van der Waals surface area contributed by atoms with Gasteiger partial charge >= 0.3 is 0 Å². The average molecular weight is 250 g/mol. The van der Waals surface area contributed by atoms with Crippen LogP contribution in [-0.2, 0) is 0 Å². The van der Waals surface area contributed by atoms with Gasteiger partial charge in [-0.2, -0.15) is 17.0 Å². The molecule has 0 heterocycles. The van der Waals surface area contributed by atoms with Crippen molar-refractivity contribution in [3.05, 3.63) is 29.3 Å². The lowest BCUT2D eigenvalue weighted by Crippen LogP contribution is -2.36. The van der Waals surface area contributed by atoms with E-state index in [2.05, 4.69) is 11.4 Å². The Kier molecular flexibility index (Phi) is 4.86. The van der Waals surface area contributed by atoms with Crippen LogP contribution < -0.4 is 5.32 Å². The van der Waals surface area contributed by atoms with Gasteiger partial charge in [0.25, 0.3) is 0 Å². The number of aliphatic hydroxyl groups is 1. The summed E-state index contributed by atoms with van der Waals surface area (Å²) in [5.41, 5.74) is 1.85. The Morgan fingerprint density at radius 3 is 2.76 bits per heavy atom. The Bertz CT molecular complexity index is 424. The lowest BCUT2D eigenvalue weighted by atomic mass is 10.1. The largest absolute Gasteiger partial charge is 0.387 e. The number of anilines is 1. The van der Waals surface area contributed by atoms with Crippen LogP contribution in [0.2, 0.25) is 0 Å². The van der Waals surface area contributed by atoms with E-state index in [1.165, 1.54) is 0 Å². The first-order valence-electron chi connectivity index (χ1n) is 5.44. The van der Waals surface area contributed by atoms with Gasteiger partial charge in [-0.05, 0) is 43.9 Å². The van der Waals surface area contributed by atoms with Gasteiger partial charge in [-0.15, -0.1) is 0 Å². The number of rotatable bonds is 5. The highest BCUT2D eigenvalue weighted by molar-refractivity contribution is 7.98. The molecule has 1 aromatic carbocycles. The molecule has 0 aliphatic carbocycles. The predicted molar refractivity (Wildman–Crippen MR) is 73.4 cm³/mol. The first-order valence-corrected chi connectivity index (χ1v) is 6.84. The molecule has 2 N–H and O–H groups in total. The quantitative estimate of drug-likeness (QED) is 0.842. The minimum absolute atomic E-state index is 0.499. The molecule has 0 aliphatic rings. The summed E-state index contributed by atoms with van der Waals surface area (Å²) >= 11 is 1.62. The van der Waals surface area contributed by atoms with E-state index in [1.54, 1.807) is 17.8 Å². The van der Waals surface area contributed by atoms with Crippen molar-refractivity contribution in [2.24, 2.45) is 0 Å². The number of aryl methyl sites for hydroxylation is 1. The molecule has 3 nitrogen and oxygen atoms in total. The molecule has 0 spiro atoms. The van der Waals surface area contributed by atoms with Crippen molar-refractivity contribution in [1.82, 2.24) is 0 Å². The van der Waals surface area contributed by atoms with Crippen LogP contribution in [0.1, 0.15) is 18.1 Å². The van der Waals surface area contributed by atoms with Gasteiger partial charge in [0.15, 0.2) is 0 Å². The summed E-state index contributed by atoms with van der Waals surface area (Å²) in [5, 5.41) is 22.0. The molecule has 1 aromatic rings. The fraction of sp³-hybridized carbons (Fsp3) is 0.462. The Labute approximate surface area is 107 Å². The van der Waals surface area contributed by atoms with Crippen molar-refractivity contribution in [2.75, 3.05) is 23.9 Å². The Morgan fingerprint density at radius 2 is 2.24 bits per heavy atom. The first kappa shape index (κ1) is 13.9. The zero-order valence-corrected chi connectivity index (χ0v) is 11.3. The van der Waals surface area contributed by atoms with Crippen LogP contribution in [-0.4, -0.2) is 29.3 Å². The van der Waals surface area contributed by atoms with Crippen LogP contribution in [0.5, 0.6) is 0 Å². The van der Waals surface area contributed by atoms with Gasteiger partial charge in [0.1, 0.15) is 0 Å². The topological polar surface area (TPSA) is 56.0 Å².